The number of hydrogen-bond donors (Lipinski definition) is 2. The third kappa shape index (κ3) is 6.29. The van der Waals surface area contributed by atoms with Gasteiger partial charge in [-0.3, -0.25) is 0 Å². The summed E-state index contributed by atoms with van der Waals surface area (Å²) in [5, 5.41) is 12.1. The average molecular weight is 299 g/mol. The largest absolute Gasteiger partial charge is 0.494 e. The van der Waals surface area contributed by atoms with Gasteiger partial charge in [0.25, 0.3) is 0 Å². The molecule has 0 atom stereocenters. The second-order valence-electron chi connectivity index (χ2n) is 5.34. The first-order valence-electron chi connectivity index (χ1n) is 7.96. The number of nitrogens with one attached hydrogen (secondary N) is 1. The van der Waals surface area contributed by atoms with Crippen LogP contribution in [0.15, 0.2) is 54.6 Å². The highest BCUT2D eigenvalue weighted by Gasteiger charge is 1.98. The summed E-state index contributed by atoms with van der Waals surface area (Å²) < 4.78 is 5.83. The van der Waals surface area contributed by atoms with E-state index in [9.17, 15) is 0 Å². The Kier molecular flexibility index (Phi) is 7.50. The molecule has 0 fully saturated rings. The summed E-state index contributed by atoms with van der Waals surface area (Å²) in [7, 11) is 0. The van der Waals surface area contributed by atoms with E-state index in [-0.39, 0.29) is 6.61 Å². The Morgan fingerprint density at radius 1 is 0.909 bits per heavy atom. The number of ether oxygens (including phenoxy) is 1. The molecule has 0 aliphatic carbocycles. The Balaban J connectivity index is 1.69. The number of rotatable bonds is 10. The molecule has 2 rings (SSSR count). The maximum atomic E-state index is 8.75. The molecule has 3 nitrogen and oxygen atoms in total. The number of hydrogen-bond acceptors (Lipinski definition) is 3. The number of aryl methyl sites for hydroxylation is 1. The van der Waals surface area contributed by atoms with Crippen LogP contribution in [0.5, 0.6) is 5.75 Å². The van der Waals surface area contributed by atoms with Crippen LogP contribution >= 0.6 is 0 Å². The quantitative estimate of drug-likeness (QED) is 0.662. The lowest BCUT2D eigenvalue weighted by Crippen LogP contribution is -2.15. The number of aliphatic hydroxyl groups excluding tert-OH is 1. The summed E-state index contributed by atoms with van der Waals surface area (Å²) >= 11 is 0. The average Bonchev–Trinajstić information content (AvgIpc) is 2.57. The first kappa shape index (κ1) is 16.5. The van der Waals surface area contributed by atoms with Crippen LogP contribution in [-0.2, 0) is 13.0 Å². The fourth-order valence-corrected chi connectivity index (χ4v) is 2.29. The van der Waals surface area contributed by atoms with Crippen molar-refractivity contribution in [3.63, 3.8) is 0 Å². The van der Waals surface area contributed by atoms with Crippen molar-refractivity contribution >= 4 is 0 Å². The molecule has 2 N–H and O–H groups in total. The third-order valence-electron chi connectivity index (χ3n) is 3.46. The molecule has 3 heteroatoms. The molecule has 0 aromatic heterocycles. The van der Waals surface area contributed by atoms with Gasteiger partial charge in [-0.2, -0.15) is 0 Å². The SMILES string of the molecule is OCCCNCc1cccc(OCCCc2ccccc2)c1. The van der Waals surface area contributed by atoms with E-state index in [0.29, 0.717) is 0 Å². The Labute approximate surface area is 133 Å². The first-order valence-corrected chi connectivity index (χ1v) is 7.96. The molecule has 0 spiro atoms. The Morgan fingerprint density at radius 2 is 1.73 bits per heavy atom. The van der Waals surface area contributed by atoms with Gasteiger partial charge in [-0.1, -0.05) is 42.5 Å². The highest BCUT2D eigenvalue weighted by atomic mass is 16.5. The van der Waals surface area contributed by atoms with E-state index in [2.05, 4.69) is 41.7 Å². The van der Waals surface area contributed by atoms with E-state index in [0.717, 1.165) is 44.7 Å². The van der Waals surface area contributed by atoms with Crippen LogP contribution in [0.25, 0.3) is 0 Å². The molecule has 118 valence electrons. The normalized spacial score (nSPS) is 10.6. The Hall–Kier alpha value is -1.84. The predicted molar refractivity (Wildman–Crippen MR) is 90.1 cm³/mol. The van der Waals surface area contributed by atoms with E-state index in [1.165, 1.54) is 11.1 Å². The van der Waals surface area contributed by atoms with Crippen LogP contribution in [0, 0.1) is 0 Å². The Bertz CT molecular complexity index is 528. The first-order chi connectivity index (χ1) is 10.9. The van der Waals surface area contributed by atoms with Crippen molar-refractivity contribution in [2.24, 2.45) is 0 Å². The van der Waals surface area contributed by atoms with Crippen molar-refractivity contribution in [1.82, 2.24) is 5.32 Å². The highest BCUT2D eigenvalue weighted by molar-refractivity contribution is 5.28. The van der Waals surface area contributed by atoms with E-state index in [1.807, 2.05) is 18.2 Å². The van der Waals surface area contributed by atoms with Gasteiger partial charge >= 0.3 is 0 Å². The zero-order chi connectivity index (χ0) is 15.5. The molecular weight excluding hydrogens is 274 g/mol. The smallest absolute Gasteiger partial charge is 0.119 e. The van der Waals surface area contributed by atoms with Gasteiger partial charge in [-0.25, -0.2) is 0 Å². The van der Waals surface area contributed by atoms with E-state index < -0.39 is 0 Å². The lowest BCUT2D eigenvalue weighted by Gasteiger charge is -2.09. The van der Waals surface area contributed by atoms with Crippen LogP contribution in [0.4, 0.5) is 0 Å². The molecule has 0 heterocycles. The monoisotopic (exact) mass is 299 g/mol. The summed E-state index contributed by atoms with van der Waals surface area (Å²) in [6, 6.07) is 18.7. The highest BCUT2D eigenvalue weighted by Crippen LogP contribution is 2.14. The third-order valence-corrected chi connectivity index (χ3v) is 3.46. The fourth-order valence-electron chi connectivity index (χ4n) is 2.29. The molecule has 0 aliphatic rings. The number of benzene rings is 2. The molecule has 0 amide bonds. The van der Waals surface area contributed by atoms with E-state index in [4.69, 9.17) is 9.84 Å². The summed E-state index contributed by atoms with van der Waals surface area (Å²) in [5.74, 6) is 0.925. The molecule has 0 radical (unpaired) electrons. The fraction of sp³-hybridized carbons (Fsp3) is 0.368. The van der Waals surface area contributed by atoms with E-state index in [1.54, 1.807) is 0 Å². The van der Waals surface area contributed by atoms with Gasteiger partial charge in [0.15, 0.2) is 0 Å². The van der Waals surface area contributed by atoms with E-state index >= 15 is 0 Å². The Morgan fingerprint density at radius 3 is 2.55 bits per heavy atom. The molecule has 0 unspecified atom stereocenters. The second-order valence-corrected chi connectivity index (χ2v) is 5.34. The maximum absolute atomic E-state index is 8.75. The summed E-state index contributed by atoms with van der Waals surface area (Å²) in [4.78, 5) is 0. The minimum atomic E-state index is 0.234. The maximum Gasteiger partial charge on any atom is 0.119 e. The molecule has 0 saturated heterocycles. The molecule has 0 bridgehead atoms. The predicted octanol–water partition coefficient (Wildman–Crippen LogP) is 3.17. The summed E-state index contributed by atoms with van der Waals surface area (Å²) in [5.41, 5.74) is 2.56. The zero-order valence-corrected chi connectivity index (χ0v) is 13.0. The van der Waals surface area contributed by atoms with Crippen molar-refractivity contribution in [1.29, 1.82) is 0 Å². The van der Waals surface area contributed by atoms with Crippen LogP contribution < -0.4 is 10.1 Å². The summed E-state index contributed by atoms with van der Waals surface area (Å²) in [6.07, 6.45) is 2.85. The lowest BCUT2D eigenvalue weighted by molar-refractivity contribution is 0.286. The molecule has 22 heavy (non-hydrogen) atoms. The van der Waals surface area contributed by atoms with Crippen molar-refractivity contribution in [2.75, 3.05) is 19.8 Å². The van der Waals surface area contributed by atoms with Crippen LogP contribution in [0.2, 0.25) is 0 Å². The molecule has 0 aliphatic heterocycles. The minimum absolute atomic E-state index is 0.234. The topological polar surface area (TPSA) is 41.5 Å². The lowest BCUT2D eigenvalue weighted by atomic mass is 10.1. The van der Waals surface area contributed by atoms with Crippen molar-refractivity contribution in [3.8, 4) is 5.75 Å². The minimum Gasteiger partial charge on any atom is -0.494 e. The number of aliphatic hydroxyl groups is 1. The van der Waals surface area contributed by atoms with Crippen molar-refractivity contribution in [2.45, 2.75) is 25.8 Å². The van der Waals surface area contributed by atoms with Gasteiger partial charge in [-0.15, -0.1) is 0 Å². The van der Waals surface area contributed by atoms with Crippen LogP contribution in [-0.4, -0.2) is 24.9 Å². The van der Waals surface area contributed by atoms with Crippen molar-refractivity contribution < 1.29 is 9.84 Å². The second kappa shape index (κ2) is 9.98. The van der Waals surface area contributed by atoms with Gasteiger partial charge < -0.3 is 15.2 Å². The summed E-state index contributed by atoms with van der Waals surface area (Å²) in [6.45, 7) is 2.60. The van der Waals surface area contributed by atoms with Crippen molar-refractivity contribution in [3.05, 3.63) is 65.7 Å². The van der Waals surface area contributed by atoms with Gasteiger partial charge in [0.05, 0.1) is 6.61 Å². The standard InChI is InChI=1S/C19H25NO2/c21-13-6-12-20-16-18-9-4-11-19(15-18)22-14-5-10-17-7-2-1-3-8-17/h1-4,7-9,11,15,20-21H,5-6,10,12-14,16H2. The van der Waals surface area contributed by atoms with Gasteiger partial charge in [-0.05, 0) is 49.1 Å². The van der Waals surface area contributed by atoms with Gasteiger partial charge in [0.1, 0.15) is 5.75 Å². The van der Waals surface area contributed by atoms with Crippen LogP contribution in [0.1, 0.15) is 24.0 Å². The molecule has 2 aromatic carbocycles. The van der Waals surface area contributed by atoms with Gasteiger partial charge in [0.2, 0.25) is 0 Å². The molecule has 0 saturated carbocycles. The molecular formula is C19H25NO2. The van der Waals surface area contributed by atoms with Crippen LogP contribution in [0.3, 0.4) is 0 Å². The zero-order valence-electron chi connectivity index (χ0n) is 13.0. The van der Waals surface area contributed by atoms with Gasteiger partial charge in [0, 0.05) is 13.2 Å². The molecule has 2 aromatic rings.